The molecule has 0 bridgehead atoms. The Hall–Kier alpha value is -1.48. The average molecular weight is 279 g/mol. The van der Waals surface area contributed by atoms with Crippen molar-refractivity contribution < 1.29 is 4.79 Å². The first-order chi connectivity index (χ1) is 9.15. The Labute approximate surface area is 119 Å². The van der Waals surface area contributed by atoms with Gasteiger partial charge in [-0.15, -0.1) is 0 Å². The zero-order valence-corrected chi connectivity index (χ0v) is 11.8. The molecule has 1 aromatic rings. The van der Waals surface area contributed by atoms with Gasteiger partial charge in [0, 0.05) is 16.9 Å². The van der Waals surface area contributed by atoms with Gasteiger partial charge in [-0.05, 0) is 49.9 Å². The van der Waals surface area contributed by atoms with Gasteiger partial charge < -0.3 is 10.6 Å². The molecule has 3 nitrogen and oxygen atoms in total. The molecule has 0 heterocycles. The molecule has 2 amide bonds. The molecule has 0 unspecified atom stereocenters. The monoisotopic (exact) mass is 278 g/mol. The fourth-order valence-corrected chi connectivity index (χ4v) is 2.50. The molecule has 1 aromatic carbocycles. The molecule has 1 aliphatic carbocycles. The largest absolute Gasteiger partial charge is 0.323 e. The molecule has 4 heteroatoms. The van der Waals surface area contributed by atoms with Crippen LogP contribution >= 0.6 is 11.6 Å². The maximum Gasteiger partial charge on any atom is 0.323 e. The number of amides is 2. The second-order valence-electron chi connectivity index (χ2n) is 4.98. The maximum absolute atomic E-state index is 11.7. The van der Waals surface area contributed by atoms with Crippen LogP contribution in [-0.2, 0) is 0 Å². The normalized spacial score (nSPS) is 16.4. The summed E-state index contributed by atoms with van der Waals surface area (Å²) in [6, 6.07) is 6.82. The summed E-state index contributed by atoms with van der Waals surface area (Å²) in [4.78, 5) is 11.7. The summed E-state index contributed by atoms with van der Waals surface area (Å²) in [5, 5.41) is 6.19. The van der Waals surface area contributed by atoms with Gasteiger partial charge in [-0.2, -0.15) is 0 Å². The first-order valence-electron chi connectivity index (χ1n) is 6.65. The minimum atomic E-state index is -0.223. The van der Waals surface area contributed by atoms with Gasteiger partial charge in [-0.1, -0.05) is 30.0 Å². The van der Waals surface area contributed by atoms with Crippen LogP contribution in [0.3, 0.4) is 0 Å². The van der Waals surface area contributed by atoms with E-state index in [9.17, 15) is 4.79 Å². The first-order valence-corrected chi connectivity index (χ1v) is 7.02. The van der Waals surface area contributed by atoms with Crippen LogP contribution in [0.4, 0.5) is 10.5 Å². The molecule has 2 rings (SSSR count). The Morgan fingerprint density at radius 3 is 2.53 bits per heavy atom. The standard InChI is InChI=1S/C15H19ClN2O/c1-11(12-4-2-3-5-12)10-17-15(19)18-14-8-6-13(16)7-9-14/h6-10,12H,2-5H2,1H3,(H2,17,18,19)/b11-10+. The van der Waals surface area contributed by atoms with Gasteiger partial charge in [0.25, 0.3) is 0 Å². The molecule has 0 atom stereocenters. The predicted molar refractivity (Wildman–Crippen MR) is 79.3 cm³/mol. The van der Waals surface area contributed by atoms with Crippen molar-refractivity contribution in [3.8, 4) is 0 Å². The fourth-order valence-electron chi connectivity index (χ4n) is 2.38. The molecule has 1 saturated carbocycles. The van der Waals surface area contributed by atoms with Gasteiger partial charge in [-0.25, -0.2) is 4.79 Å². The summed E-state index contributed by atoms with van der Waals surface area (Å²) in [6.07, 6.45) is 6.90. The van der Waals surface area contributed by atoms with Crippen LogP contribution in [0.5, 0.6) is 0 Å². The summed E-state index contributed by atoms with van der Waals surface area (Å²) < 4.78 is 0. The van der Waals surface area contributed by atoms with Crippen molar-refractivity contribution in [3.63, 3.8) is 0 Å². The minimum absolute atomic E-state index is 0.223. The van der Waals surface area contributed by atoms with Gasteiger partial charge in [0.15, 0.2) is 0 Å². The molecule has 19 heavy (non-hydrogen) atoms. The number of carbonyl (C=O) groups excluding carboxylic acids is 1. The van der Waals surface area contributed by atoms with E-state index in [0.29, 0.717) is 10.9 Å². The lowest BCUT2D eigenvalue weighted by Crippen LogP contribution is -2.24. The van der Waals surface area contributed by atoms with E-state index >= 15 is 0 Å². The maximum atomic E-state index is 11.7. The molecule has 0 radical (unpaired) electrons. The molecular formula is C15H19ClN2O. The number of anilines is 1. The number of allylic oxidation sites excluding steroid dienone is 1. The summed E-state index contributed by atoms with van der Waals surface area (Å²) in [7, 11) is 0. The van der Waals surface area contributed by atoms with E-state index in [1.165, 1.54) is 31.3 Å². The lowest BCUT2D eigenvalue weighted by molar-refractivity contribution is 0.255. The smallest absolute Gasteiger partial charge is 0.314 e. The molecule has 1 aliphatic rings. The van der Waals surface area contributed by atoms with Gasteiger partial charge in [0.2, 0.25) is 0 Å². The van der Waals surface area contributed by atoms with E-state index in [4.69, 9.17) is 11.6 Å². The second-order valence-corrected chi connectivity index (χ2v) is 5.41. The van der Waals surface area contributed by atoms with Crippen molar-refractivity contribution in [1.29, 1.82) is 0 Å². The van der Waals surface area contributed by atoms with E-state index in [1.807, 2.05) is 6.20 Å². The summed E-state index contributed by atoms with van der Waals surface area (Å²) in [6.45, 7) is 2.08. The van der Waals surface area contributed by atoms with Crippen molar-refractivity contribution in [2.24, 2.45) is 5.92 Å². The third-order valence-electron chi connectivity index (χ3n) is 3.53. The molecule has 0 aliphatic heterocycles. The number of nitrogens with one attached hydrogen (secondary N) is 2. The van der Waals surface area contributed by atoms with Gasteiger partial charge in [0.05, 0.1) is 0 Å². The van der Waals surface area contributed by atoms with Crippen LogP contribution in [0, 0.1) is 5.92 Å². The number of hydrogen-bond acceptors (Lipinski definition) is 1. The molecule has 2 N–H and O–H groups in total. The molecular weight excluding hydrogens is 260 g/mol. The quantitative estimate of drug-likeness (QED) is 0.836. The van der Waals surface area contributed by atoms with Gasteiger partial charge >= 0.3 is 6.03 Å². The lowest BCUT2D eigenvalue weighted by Gasteiger charge is -2.10. The van der Waals surface area contributed by atoms with Crippen LogP contribution in [0.1, 0.15) is 32.6 Å². The van der Waals surface area contributed by atoms with Gasteiger partial charge in [0.1, 0.15) is 0 Å². The van der Waals surface area contributed by atoms with Crippen LogP contribution in [0.25, 0.3) is 0 Å². The average Bonchev–Trinajstić information content (AvgIpc) is 2.93. The predicted octanol–water partition coefficient (Wildman–Crippen LogP) is 4.56. The zero-order valence-electron chi connectivity index (χ0n) is 11.1. The van der Waals surface area contributed by atoms with E-state index in [2.05, 4.69) is 17.6 Å². The topological polar surface area (TPSA) is 41.1 Å². The number of benzene rings is 1. The van der Waals surface area contributed by atoms with E-state index < -0.39 is 0 Å². The van der Waals surface area contributed by atoms with Crippen molar-refractivity contribution in [2.75, 3.05) is 5.32 Å². The molecule has 102 valence electrons. The number of hydrogen-bond donors (Lipinski definition) is 2. The Morgan fingerprint density at radius 1 is 1.26 bits per heavy atom. The Morgan fingerprint density at radius 2 is 1.89 bits per heavy atom. The Kier molecular flexibility index (Phi) is 4.86. The van der Waals surface area contributed by atoms with Crippen molar-refractivity contribution in [1.82, 2.24) is 5.32 Å². The van der Waals surface area contributed by atoms with E-state index in [1.54, 1.807) is 24.3 Å². The molecule has 0 spiro atoms. The van der Waals surface area contributed by atoms with Crippen LogP contribution in [-0.4, -0.2) is 6.03 Å². The van der Waals surface area contributed by atoms with Crippen LogP contribution in [0.15, 0.2) is 36.0 Å². The third kappa shape index (κ3) is 4.28. The third-order valence-corrected chi connectivity index (χ3v) is 3.78. The number of halogens is 1. The Balaban J connectivity index is 1.83. The van der Waals surface area contributed by atoms with Crippen LogP contribution in [0.2, 0.25) is 5.02 Å². The fraction of sp³-hybridized carbons (Fsp3) is 0.400. The SMILES string of the molecule is C/C(=C\NC(=O)Nc1ccc(Cl)cc1)C1CCCC1. The van der Waals surface area contributed by atoms with Crippen LogP contribution < -0.4 is 10.6 Å². The minimum Gasteiger partial charge on any atom is -0.314 e. The van der Waals surface area contributed by atoms with Crippen molar-refractivity contribution in [2.45, 2.75) is 32.6 Å². The lowest BCUT2D eigenvalue weighted by atomic mass is 10.0. The highest BCUT2D eigenvalue weighted by Gasteiger charge is 2.16. The zero-order chi connectivity index (χ0) is 13.7. The second kappa shape index (κ2) is 6.62. The molecule has 0 aromatic heterocycles. The summed E-state index contributed by atoms with van der Waals surface area (Å²) in [5.74, 6) is 0.635. The number of urea groups is 1. The van der Waals surface area contributed by atoms with Gasteiger partial charge in [-0.3, -0.25) is 0 Å². The number of rotatable bonds is 3. The molecule has 1 fully saturated rings. The van der Waals surface area contributed by atoms with Crippen molar-refractivity contribution >= 4 is 23.3 Å². The first kappa shape index (κ1) is 13.9. The number of carbonyl (C=O) groups is 1. The van der Waals surface area contributed by atoms with Crippen molar-refractivity contribution in [3.05, 3.63) is 41.1 Å². The molecule has 0 saturated heterocycles. The summed E-state index contributed by atoms with van der Waals surface area (Å²) in [5.41, 5.74) is 1.98. The van der Waals surface area contributed by atoms with E-state index in [-0.39, 0.29) is 6.03 Å². The van der Waals surface area contributed by atoms with E-state index in [0.717, 1.165) is 5.69 Å². The highest BCUT2D eigenvalue weighted by molar-refractivity contribution is 6.30. The Bertz CT molecular complexity index is 462. The highest BCUT2D eigenvalue weighted by Crippen LogP contribution is 2.30. The highest BCUT2D eigenvalue weighted by atomic mass is 35.5. The summed E-state index contributed by atoms with van der Waals surface area (Å²) >= 11 is 5.79.